The fourth-order valence-electron chi connectivity index (χ4n) is 6.40. The summed E-state index contributed by atoms with van der Waals surface area (Å²) in [5.41, 5.74) is 2.34. The van der Waals surface area contributed by atoms with Crippen LogP contribution in [0.25, 0.3) is 5.65 Å². The first-order chi connectivity index (χ1) is 20.1. The lowest BCUT2D eigenvalue weighted by atomic mass is 9.81. The Morgan fingerprint density at radius 1 is 1.05 bits per heavy atom. The van der Waals surface area contributed by atoms with Gasteiger partial charge in [0, 0.05) is 31.5 Å². The molecule has 0 bridgehead atoms. The van der Waals surface area contributed by atoms with E-state index < -0.39 is 18.1 Å². The first kappa shape index (κ1) is 28.7. The zero-order valence-corrected chi connectivity index (χ0v) is 24.0. The number of fused-ring (bicyclic) bond motifs is 1. The lowest BCUT2D eigenvalue weighted by Gasteiger charge is -2.33. The van der Waals surface area contributed by atoms with Gasteiger partial charge in [-0.3, -0.25) is 14.3 Å². The third kappa shape index (κ3) is 6.17. The van der Waals surface area contributed by atoms with Crippen molar-refractivity contribution < 1.29 is 22.8 Å². The van der Waals surface area contributed by atoms with E-state index in [0.717, 1.165) is 18.4 Å². The van der Waals surface area contributed by atoms with E-state index in [-0.39, 0.29) is 61.4 Å². The minimum Gasteiger partial charge on any atom is -0.349 e. The SMILES string of the molecule is CC(C)n1nccc1C(=O)N[C@H](c1cn2ncc([C@H](NC(=O)C[C@H]3C[C@@H](F)C3)C3CC3)cc2n1)C1CCC(F)(F)CC1. The summed E-state index contributed by atoms with van der Waals surface area (Å²) in [7, 11) is 0. The number of carbonyl (C=O) groups excluding carboxylic acids is 2. The van der Waals surface area contributed by atoms with Gasteiger partial charge in [0.15, 0.2) is 5.65 Å². The van der Waals surface area contributed by atoms with Crippen molar-refractivity contribution in [3.63, 3.8) is 0 Å². The highest BCUT2D eigenvalue weighted by molar-refractivity contribution is 5.92. The molecule has 12 heteroatoms. The maximum absolute atomic E-state index is 14.1. The Labute approximate surface area is 242 Å². The maximum atomic E-state index is 14.1. The van der Waals surface area contributed by atoms with Gasteiger partial charge in [-0.1, -0.05) is 0 Å². The minimum atomic E-state index is -2.70. The van der Waals surface area contributed by atoms with E-state index in [9.17, 15) is 22.8 Å². The minimum absolute atomic E-state index is 0.0281. The Morgan fingerprint density at radius 3 is 2.43 bits per heavy atom. The van der Waals surface area contributed by atoms with Gasteiger partial charge >= 0.3 is 0 Å². The van der Waals surface area contributed by atoms with E-state index in [1.54, 1.807) is 33.9 Å². The molecule has 42 heavy (non-hydrogen) atoms. The molecule has 3 fully saturated rings. The summed E-state index contributed by atoms with van der Waals surface area (Å²) in [5.74, 6) is -2.93. The third-order valence-electron chi connectivity index (χ3n) is 9.01. The van der Waals surface area contributed by atoms with E-state index in [2.05, 4.69) is 20.8 Å². The van der Waals surface area contributed by atoms with E-state index >= 15 is 0 Å². The van der Waals surface area contributed by atoms with Gasteiger partial charge in [0.25, 0.3) is 5.91 Å². The predicted molar refractivity (Wildman–Crippen MR) is 149 cm³/mol. The van der Waals surface area contributed by atoms with Crippen molar-refractivity contribution in [1.29, 1.82) is 0 Å². The summed E-state index contributed by atoms with van der Waals surface area (Å²) in [6.07, 6.45) is 7.50. The van der Waals surface area contributed by atoms with Crippen LogP contribution in [-0.4, -0.2) is 48.3 Å². The summed E-state index contributed by atoms with van der Waals surface area (Å²) in [5, 5.41) is 15.0. The van der Waals surface area contributed by atoms with Crippen molar-refractivity contribution in [1.82, 2.24) is 35.0 Å². The van der Waals surface area contributed by atoms with Crippen LogP contribution in [0.1, 0.15) is 112 Å². The topological polar surface area (TPSA) is 106 Å². The Hall–Kier alpha value is -3.44. The van der Waals surface area contributed by atoms with E-state index in [1.165, 1.54) is 0 Å². The summed E-state index contributed by atoms with van der Waals surface area (Å²) < 4.78 is 44.6. The quantitative estimate of drug-likeness (QED) is 0.327. The van der Waals surface area contributed by atoms with Crippen LogP contribution in [0.2, 0.25) is 0 Å². The van der Waals surface area contributed by atoms with Gasteiger partial charge in [-0.15, -0.1) is 0 Å². The molecule has 3 aliphatic carbocycles. The van der Waals surface area contributed by atoms with Crippen LogP contribution >= 0.6 is 0 Å². The first-order valence-electron chi connectivity index (χ1n) is 15.1. The number of aromatic nitrogens is 5. The number of rotatable bonds is 10. The molecule has 0 unspecified atom stereocenters. The lowest BCUT2D eigenvalue weighted by Crippen LogP contribution is -2.38. The van der Waals surface area contributed by atoms with Gasteiger partial charge in [0.05, 0.1) is 30.2 Å². The molecule has 0 aromatic carbocycles. The molecule has 3 saturated carbocycles. The zero-order valence-electron chi connectivity index (χ0n) is 24.0. The van der Waals surface area contributed by atoms with Crippen LogP contribution in [-0.2, 0) is 4.79 Å². The first-order valence-corrected chi connectivity index (χ1v) is 15.1. The lowest BCUT2D eigenvalue weighted by molar-refractivity contribution is -0.124. The highest BCUT2D eigenvalue weighted by atomic mass is 19.3. The number of halogens is 3. The molecule has 226 valence electrons. The van der Waals surface area contributed by atoms with E-state index in [1.807, 2.05) is 19.9 Å². The van der Waals surface area contributed by atoms with Crippen molar-refractivity contribution in [2.75, 3.05) is 0 Å². The average molecular weight is 586 g/mol. The fraction of sp³-hybridized carbons (Fsp3) is 0.633. The van der Waals surface area contributed by atoms with Crippen LogP contribution in [0.15, 0.2) is 30.7 Å². The van der Waals surface area contributed by atoms with Crippen LogP contribution in [0.4, 0.5) is 13.2 Å². The number of alkyl halides is 3. The molecule has 2 N–H and O–H groups in total. The molecular weight excluding hydrogens is 547 g/mol. The normalized spacial score (nSPS) is 23.9. The Balaban J connectivity index is 1.25. The second kappa shape index (κ2) is 11.3. The molecule has 0 saturated heterocycles. The van der Waals surface area contributed by atoms with Gasteiger partial charge in [-0.05, 0) is 87.8 Å². The average Bonchev–Trinajstić information content (AvgIpc) is 3.47. The van der Waals surface area contributed by atoms with Gasteiger partial charge < -0.3 is 10.6 Å². The fourth-order valence-corrected chi connectivity index (χ4v) is 6.40. The molecule has 0 radical (unpaired) electrons. The Bertz CT molecular complexity index is 1430. The number of amides is 2. The highest BCUT2D eigenvalue weighted by Crippen LogP contribution is 2.43. The molecule has 3 heterocycles. The summed E-state index contributed by atoms with van der Waals surface area (Å²) in [4.78, 5) is 31.0. The third-order valence-corrected chi connectivity index (χ3v) is 9.01. The molecule has 3 aromatic rings. The van der Waals surface area contributed by atoms with Crippen LogP contribution in [0, 0.1) is 17.8 Å². The van der Waals surface area contributed by atoms with Crippen molar-refractivity contribution in [3.8, 4) is 0 Å². The van der Waals surface area contributed by atoms with Crippen molar-refractivity contribution in [2.45, 2.75) is 102 Å². The number of imidazole rings is 1. The molecule has 2 atom stereocenters. The monoisotopic (exact) mass is 585 g/mol. The van der Waals surface area contributed by atoms with Crippen LogP contribution in [0.5, 0.6) is 0 Å². The smallest absolute Gasteiger partial charge is 0.270 e. The van der Waals surface area contributed by atoms with Crippen LogP contribution in [0.3, 0.4) is 0 Å². The Kier molecular flexibility index (Phi) is 7.74. The zero-order chi connectivity index (χ0) is 29.6. The van der Waals surface area contributed by atoms with Gasteiger partial charge in [-0.25, -0.2) is 22.7 Å². The number of nitrogens with one attached hydrogen (secondary N) is 2. The molecule has 0 spiro atoms. The van der Waals surface area contributed by atoms with Crippen molar-refractivity contribution >= 4 is 17.5 Å². The molecule has 3 aromatic heterocycles. The largest absolute Gasteiger partial charge is 0.349 e. The summed E-state index contributed by atoms with van der Waals surface area (Å²) in [6.45, 7) is 3.86. The van der Waals surface area contributed by atoms with E-state index in [4.69, 9.17) is 4.98 Å². The number of hydrogen-bond acceptors (Lipinski definition) is 5. The van der Waals surface area contributed by atoms with Gasteiger partial charge in [0.1, 0.15) is 11.9 Å². The van der Waals surface area contributed by atoms with Crippen LogP contribution < -0.4 is 10.6 Å². The summed E-state index contributed by atoms with van der Waals surface area (Å²) in [6, 6.07) is 2.72. The van der Waals surface area contributed by atoms with Gasteiger partial charge in [-0.2, -0.15) is 10.2 Å². The standard InChI is InChI=1S/C30H38F3N7O2/c1-17(2)40-24(7-10-34-40)29(42)38-28(20-5-8-30(32,33)9-6-20)23-16-39-25(36-23)14-21(15-35-39)27(19-3-4-19)37-26(41)13-18-11-22(31)12-18/h7,10,14-20,22,27-28H,3-6,8-9,11-13H2,1-2H3,(H,37,41)(H,38,42)/t18-,22+,27-,28+/m1/s1. The highest BCUT2D eigenvalue weighted by Gasteiger charge is 2.40. The van der Waals surface area contributed by atoms with Crippen molar-refractivity contribution in [2.24, 2.45) is 17.8 Å². The van der Waals surface area contributed by atoms with Gasteiger partial charge in [0.2, 0.25) is 11.8 Å². The Morgan fingerprint density at radius 2 is 1.76 bits per heavy atom. The second-order valence-electron chi connectivity index (χ2n) is 12.7. The number of nitrogens with zero attached hydrogens (tertiary/aromatic N) is 5. The molecule has 2 amide bonds. The second-order valence-corrected chi connectivity index (χ2v) is 12.7. The maximum Gasteiger partial charge on any atom is 0.270 e. The molecular formula is C30H38F3N7O2. The summed E-state index contributed by atoms with van der Waals surface area (Å²) >= 11 is 0. The van der Waals surface area contributed by atoms with Crippen molar-refractivity contribution in [3.05, 3.63) is 47.7 Å². The molecule has 9 nitrogen and oxygen atoms in total. The molecule has 6 rings (SSSR count). The predicted octanol–water partition coefficient (Wildman–Crippen LogP) is 5.51. The molecule has 0 aliphatic heterocycles. The molecule has 3 aliphatic rings. The number of carbonyl (C=O) groups is 2. The number of hydrogen-bond donors (Lipinski definition) is 2. The van der Waals surface area contributed by atoms with E-state index in [0.29, 0.717) is 42.2 Å².